The smallest absolute Gasteiger partial charge is 0.387 e. The van der Waals surface area contributed by atoms with Gasteiger partial charge >= 0.3 is 6.61 Å². The van der Waals surface area contributed by atoms with Gasteiger partial charge in [0.25, 0.3) is 11.1 Å². The molecule has 6 nitrogen and oxygen atoms in total. The first-order valence-electron chi connectivity index (χ1n) is 11.5. The van der Waals surface area contributed by atoms with Crippen LogP contribution in [0.3, 0.4) is 0 Å². The van der Waals surface area contributed by atoms with Crippen molar-refractivity contribution in [3.63, 3.8) is 0 Å². The molecule has 0 aromatic heterocycles. The Morgan fingerprint density at radius 2 is 1.73 bits per heavy atom. The zero-order valence-corrected chi connectivity index (χ0v) is 18.9. The second-order valence-electron chi connectivity index (χ2n) is 9.53. The zero-order valence-electron chi connectivity index (χ0n) is 18.0. The maximum absolute atomic E-state index is 12.9. The predicted molar refractivity (Wildman–Crippen MR) is 119 cm³/mol. The van der Waals surface area contributed by atoms with Crippen molar-refractivity contribution in [2.24, 2.45) is 29.6 Å². The highest BCUT2D eigenvalue weighted by molar-refractivity contribution is 8.18. The number of halogens is 2. The topological polar surface area (TPSA) is 75.7 Å². The molecule has 5 fully saturated rings. The van der Waals surface area contributed by atoms with Crippen molar-refractivity contribution in [2.75, 3.05) is 13.1 Å². The van der Waals surface area contributed by atoms with Crippen molar-refractivity contribution in [2.45, 2.75) is 38.7 Å². The van der Waals surface area contributed by atoms with E-state index in [9.17, 15) is 23.2 Å². The average molecular weight is 477 g/mol. The van der Waals surface area contributed by atoms with Gasteiger partial charge in [-0.2, -0.15) is 8.78 Å². The Hall–Kier alpha value is -2.42. The number of benzene rings is 1. The van der Waals surface area contributed by atoms with Gasteiger partial charge in [0, 0.05) is 19.0 Å². The molecule has 9 heteroatoms. The number of rotatable bonds is 7. The van der Waals surface area contributed by atoms with Crippen LogP contribution in [0.15, 0.2) is 29.2 Å². The van der Waals surface area contributed by atoms with Gasteiger partial charge in [-0.1, -0.05) is 12.1 Å². The van der Waals surface area contributed by atoms with Gasteiger partial charge in [-0.05, 0) is 91.3 Å². The summed E-state index contributed by atoms with van der Waals surface area (Å²) in [5.74, 6) is 2.31. The predicted octanol–water partition coefficient (Wildman–Crippen LogP) is 4.51. The van der Waals surface area contributed by atoms with Crippen LogP contribution in [0.25, 0.3) is 6.08 Å². The second kappa shape index (κ2) is 9.08. The molecular weight excluding hydrogens is 450 g/mol. The molecule has 4 saturated carbocycles. The third-order valence-corrected chi connectivity index (χ3v) is 8.35. The number of hydrogen-bond donors (Lipinski definition) is 1. The van der Waals surface area contributed by atoms with Gasteiger partial charge in [-0.15, -0.1) is 0 Å². The minimum atomic E-state index is -2.91. The minimum absolute atomic E-state index is 0.0186. The van der Waals surface area contributed by atoms with Crippen LogP contribution in [0.2, 0.25) is 0 Å². The third-order valence-electron chi connectivity index (χ3n) is 7.44. The van der Waals surface area contributed by atoms with E-state index in [2.05, 4.69) is 10.1 Å². The van der Waals surface area contributed by atoms with Crippen LogP contribution in [-0.4, -0.2) is 41.7 Å². The Morgan fingerprint density at radius 3 is 2.33 bits per heavy atom. The Morgan fingerprint density at radius 1 is 1.09 bits per heavy atom. The van der Waals surface area contributed by atoms with Crippen molar-refractivity contribution in [1.82, 2.24) is 10.2 Å². The molecule has 0 radical (unpaired) electrons. The highest BCUT2D eigenvalue weighted by atomic mass is 32.2. The Bertz CT molecular complexity index is 953. The van der Waals surface area contributed by atoms with E-state index < -0.39 is 12.5 Å². The van der Waals surface area contributed by atoms with Crippen molar-refractivity contribution < 1.29 is 27.9 Å². The lowest BCUT2D eigenvalue weighted by atomic mass is 9.51. The fourth-order valence-electron chi connectivity index (χ4n) is 6.35. The number of nitrogens with one attached hydrogen (secondary N) is 1. The van der Waals surface area contributed by atoms with Crippen LogP contribution < -0.4 is 10.1 Å². The van der Waals surface area contributed by atoms with E-state index in [-0.39, 0.29) is 40.8 Å². The van der Waals surface area contributed by atoms with Crippen LogP contribution in [-0.2, 0) is 9.59 Å². The summed E-state index contributed by atoms with van der Waals surface area (Å²) in [6.07, 6.45) is 7.52. The fourth-order valence-corrected chi connectivity index (χ4v) is 7.22. The van der Waals surface area contributed by atoms with Crippen LogP contribution in [0.1, 0.15) is 37.7 Å². The summed E-state index contributed by atoms with van der Waals surface area (Å²) in [4.78, 5) is 39.3. The van der Waals surface area contributed by atoms with E-state index in [1.54, 1.807) is 6.08 Å². The number of thioether (sulfide) groups is 1. The molecule has 1 saturated heterocycles. The van der Waals surface area contributed by atoms with E-state index in [4.69, 9.17) is 0 Å². The molecule has 0 spiro atoms. The number of ether oxygens (including phenoxy) is 1. The SMILES string of the molecule is O=C(NCCN1C(=O)S/C(=C\c2ccc(OC(F)F)cc2)C1=O)C1C2CC3CC(C2)CC1C3. The standard InChI is InChI=1S/C24H26F2N2O4S/c25-23(26)32-18-3-1-13(2-4-18)12-19-22(30)28(24(31)33-19)6-5-27-21(29)20-16-8-14-7-15(10-16)11-17(20)9-14/h1-4,12,14-17,20,23H,5-11H2,(H,27,29)/b19-12-. The molecule has 4 bridgehead atoms. The molecule has 0 atom stereocenters. The minimum Gasteiger partial charge on any atom is -0.435 e. The normalized spacial score (nSPS) is 31.7. The van der Waals surface area contributed by atoms with Crippen molar-refractivity contribution in [1.29, 1.82) is 0 Å². The Balaban J connectivity index is 1.15. The number of imide groups is 1. The van der Waals surface area contributed by atoms with Crippen LogP contribution in [0, 0.1) is 29.6 Å². The molecule has 1 aliphatic heterocycles. The molecule has 1 N–H and O–H groups in total. The number of alkyl halides is 2. The first kappa shape index (κ1) is 22.4. The maximum atomic E-state index is 12.9. The average Bonchev–Trinajstić information content (AvgIpc) is 3.01. The molecule has 6 rings (SSSR count). The molecule has 3 amide bonds. The summed E-state index contributed by atoms with van der Waals surface area (Å²) in [6.45, 7) is -2.54. The van der Waals surface area contributed by atoms with E-state index in [1.807, 2.05) is 0 Å². The fraction of sp³-hybridized carbons (Fsp3) is 0.542. The summed E-state index contributed by atoms with van der Waals surface area (Å²) in [5.41, 5.74) is 0.595. The summed E-state index contributed by atoms with van der Waals surface area (Å²) in [5, 5.41) is 2.59. The number of amides is 3. The molecule has 33 heavy (non-hydrogen) atoms. The van der Waals surface area contributed by atoms with Crippen molar-refractivity contribution in [3.05, 3.63) is 34.7 Å². The molecule has 176 valence electrons. The molecule has 1 aromatic rings. The summed E-state index contributed by atoms with van der Waals surface area (Å²) in [7, 11) is 0. The zero-order chi connectivity index (χ0) is 23.1. The van der Waals surface area contributed by atoms with E-state index >= 15 is 0 Å². The van der Waals surface area contributed by atoms with Gasteiger partial charge in [-0.25, -0.2) is 0 Å². The Labute approximate surface area is 195 Å². The molecule has 1 heterocycles. The molecule has 0 unspecified atom stereocenters. The number of carbonyl (C=O) groups is 3. The maximum Gasteiger partial charge on any atom is 0.387 e. The highest BCUT2D eigenvalue weighted by Gasteiger charge is 2.50. The van der Waals surface area contributed by atoms with Gasteiger partial charge < -0.3 is 10.1 Å². The highest BCUT2D eigenvalue weighted by Crippen LogP contribution is 2.56. The van der Waals surface area contributed by atoms with Crippen LogP contribution in [0.5, 0.6) is 5.75 Å². The van der Waals surface area contributed by atoms with Crippen LogP contribution in [0.4, 0.5) is 13.6 Å². The summed E-state index contributed by atoms with van der Waals surface area (Å²) in [6, 6.07) is 5.83. The van der Waals surface area contributed by atoms with E-state index in [1.165, 1.54) is 30.7 Å². The summed E-state index contributed by atoms with van der Waals surface area (Å²) >= 11 is 0.832. The van der Waals surface area contributed by atoms with Gasteiger partial charge in [0.1, 0.15) is 5.75 Å². The molecular formula is C24H26F2N2O4S. The number of hydrogen-bond acceptors (Lipinski definition) is 5. The molecule has 5 aliphatic rings. The summed E-state index contributed by atoms with van der Waals surface area (Å²) < 4.78 is 28.8. The van der Waals surface area contributed by atoms with Gasteiger partial charge in [0.05, 0.1) is 4.91 Å². The van der Waals surface area contributed by atoms with Crippen LogP contribution >= 0.6 is 11.8 Å². The Kier molecular flexibility index (Phi) is 6.16. The first-order valence-corrected chi connectivity index (χ1v) is 12.3. The van der Waals surface area contributed by atoms with Crippen molar-refractivity contribution in [3.8, 4) is 5.75 Å². The quantitative estimate of drug-likeness (QED) is 0.586. The van der Waals surface area contributed by atoms with Gasteiger partial charge in [0.15, 0.2) is 0 Å². The first-order chi connectivity index (χ1) is 15.9. The molecule has 4 aliphatic carbocycles. The van der Waals surface area contributed by atoms with Gasteiger partial charge in [0.2, 0.25) is 5.91 Å². The van der Waals surface area contributed by atoms with Gasteiger partial charge in [-0.3, -0.25) is 19.3 Å². The van der Waals surface area contributed by atoms with E-state index in [0.29, 0.717) is 17.4 Å². The molecule has 1 aromatic carbocycles. The van der Waals surface area contributed by atoms with E-state index in [0.717, 1.165) is 54.2 Å². The lowest BCUT2D eigenvalue weighted by Gasteiger charge is -2.53. The number of carbonyl (C=O) groups excluding carboxylic acids is 3. The lowest BCUT2D eigenvalue weighted by molar-refractivity contribution is -0.138. The monoisotopic (exact) mass is 476 g/mol. The number of nitrogens with zero attached hydrogens (tertiary/aromatic N) is 1. The second-order valence-corrected chi connectivity index (χ2v) is 10.5. The van der Waals surface area contributed by atoms with Crippen molar-refractivity contribution >= 4 is 34.9 Å². The largest absolute Gasteiger partial charge is 0.435 e. The lowest BCUT2D eigenvalue weighted by Crippen LogP contribution is -2.51. The third kappa shape index (κ3) is 4.65.